The van der Waals surface area contributed by atoms with Gasteiger partial charge in [0.25, 0.3) is 0 Å². The number of anilines is 1. The molecule has 4 rings (SSSR count). The highest BCUT2D eigenvalue weighted by Crippen LogP contribution is 2.54. The molecule has 2 aliphatic rings. The predicted molar refractivity (Wildman–Crippen MR) is 107 cm³/mol. The number of aliphatic hydroxyl groups excluding tert-OH is 1. The fraction of sp³-hybridized carbons (Fsp3) is 0.450. The molecule has 0 spiro atoms. The normalized spacial score (nSPS) is 19.0. The van der Waals surface area contributed by atoms with E-state index < -0.39 is 6.10 Å². The van der Waals surface area contributed by atoms with Crippen LogP contribution in [-0.4, -0.2) is 41.7 Å². The van der Waals surface area contributed by atoms with E-state index >= 15 is 0 Å². The van der Waals surface area contributed by atoms with Crippen LogP contribution in [0.15, 0.2) is 35.7 Å². The van der Waals surface area contributed by atoms with Crippen LogP contribution >= 0.6 is 11.3 Å². The maximum Gasteiger partial charge on any atom is 0.323 e. The van der Waals surface area contributed by atoms with Crippen molar-refractivity contribution in [3.05, 3.63) is 47.0 Å². The number of hydrogen-bond acceptors (Lipinski definition) is 5. The van der Waals surface area contributed by atoms with Crippen molar-refractivity contribution in [1.82, 2.24) is 15.6 Å². The van der Waals surface area contributed by atoms with Gasteiger partial charge in [0.15, 0.2) is 5.13 Å². The number of carbonyl (C=O) groups excluding carboxylic acids is 2. The number of amides is 3. The van der Waals surface area contributed by atoms with E-state index in [1.165, 1.54) is 11.3 Å². The quantitative estimate of drug-likeness (QED) is 0.664. The first-order chi connectivity index (χ1) is 13.6. The molecule has 1 saturated carbocycles. The van der Waals surface area contributed by atoms with Crippen LogP contribution in [0.1, 0.15) is 36.6 Å². The van der Waals surface area contributed by atoms with E-state index in [1.54, 1.807) is 4.90 Å². The van der Waals surface area contributed by atoms with Crippen molar-refractivity contribution in [2.24, 2.45) is 5.41 Å². The molecule has 2 fully saturated rings. The third-order valence-electron chi connectivity index (χ3n) is 5.42. The number of aliphatic hydroxyl groups is 1. The zero-order valence-electron chi connectivity index (χ0n) is 15.6. The summed E-state index contributed by atoms with van der Waals surface area (Å²) in [6, 6.07) is 9.45. The number of hydrogen-bond donors (Lipinski definition) is 3. The first kappa shape index (κ1) is 18.9. The molecule has 7 nitrogen and oxygen atoms in total. The highest BCUT2D eigenvalue weighted by molar-refractivity contribution is 7.14. The first-order valence-corrected chi connectivity index (χ1v) is 10.4. The molecule has 1 saturated heterocycles. The van der Waals surface area contributed by atoms with E-state index in [-0.39, 0.29) is 23.8 Å². The van der Waals surface area contributed by atoms with Crippen LogP contribution in [0.2, 0.25) is 0 Å². The Labute approximate surface area is 167 Å². The van der Waals surface area contributed by atoms with Crippen LogP contribution in [0.25, 0.3) is 0 Å². The second-order valence-electron chi connectivity index (χ2n) is 7.49. The van der Waals surface area contributed by atoms with E-state index in [9.17, 15) is 14.7 Å². The van der Waals surface area contributed by atoms with Gasteiger partial charge in [-0.3, -0.25) is 9.69 Å². The molecule has 8 heteroatoms. The van der Waals surface area contributed by atoms with Crippen molar-refractivity contribution in [3.8, 4) is 0 Å². The molecule has 1 aromatic heterocycles. The molecular formula is C20H24N4O3S. The molecule has 0 bridgehead atoms. The lowest BCUT2D eigenvalue weighted by Crippen LogP contribution is -2.46. The third kappa shape index (κ3) is 4.02. The van der Waals surface area contributed by atoms with Gasteiger partial charge in [0, 0.05) is 30.4 Å². The molecular weight excluding hydrogens is 376 g/mol. The molecule has 0 unspecified atom stereocenters. The predicted octanol–water partition coefficient (Wildman–Crippen LogP) is 2.24. The Balaban J connectivity index is 1.31. The number of aromatic nitrogens is 1. The van der Waals surface area contributed by atoms with Crippen LogP contribution in [0.4, 0.5) is 9.93 Å². The molecule has 3 N–H and O–H groups in total. The van der Waals surface area contributed by atoms with Crippen LogP contribution in [0, 0.1) is 5.41 Å². The smallest absolute Gasteiger partial charge is 0.323 e. The van der Waals surface area contributed by atoms with E-state index in [4.69, 9.17) is 0 Å². The van der Waals surface area contributed by atoms with Gasteiger partial charge in [-0.25, -0.2) is 9.78 Å². The van der Waals surface area contributed by atoms with Gasteiger partial charge in [0.05, 0.1) is 18.2 Å². The summed E-state index contributed by atoms with van der Waals surface area (Å²) in [7, 11) is 0. The van der Waals surface area contributed by atoms with Crippen molar-refractivity contribution in [1.29, 1.82) is 0 Å². The standard InChI is InChI=1S/C20H24N4O3S/c25-16(11-15-12-28-19(23-15)24-10-4-9-21-18(24)27)22-13-20(7-8-20)17(26)14-5-2-1-3-6-14/h1-3,5-6,12,17,26H,4,7-11,13H2,(H,21,27)(H,22,25)/t17-/m1/s1. The summed E-state index contributed by atoms with van der Waals surface area (Å²) in [5.41, 5.74) is 1.28. The minimum absolute atomic E-state index is 0.119. The maximum atomic E-state index is 12.4. The second kappa shape index (κ2) is 7.89. The van der Waals surface area contributed by atoms with Crippen molar-refractivity contribution in [2.45, 2.75) is 31.8 Å². The van der Waals surface area contributed by atoms with E-state index in [2.05, 4.69) is 15.6 Å². The lowest BCUT2D eigenvalue weighted by molar-refractivity contribution is -0.121. The van der Waals surface area contributed by atoms with Crippen LogP contribution in [0.5, 0.6) is 0 Å². The highest BCUT2D eigenvalue weighted by Gasteiger charge is 2.49. The van der Waals surface area contributed by atoms with Gasteiger partial charge in [0.1, 0.15) is 0 Å². The van der Waals surface area contributed by atoms with E-state index in [0.717, 1.165) is 24.8 Å². The van der Waals surface area contributed by atoms with Crippen molar-refractivity contribution >= 4 is 28.4 Å². The number of nitrogens with zero attached hydrogens (tertiary/aromatic N) is 2. The van der Waals surface area contributed by atoms with E-state index in [1.807, 2.05) is 35.7 Å². The summed E-state index contributed by atoms with van der Waals surface area (Å²) < 4.78 is 0. The third-order valence-corrected chi connectivity index (χ3v) is 6.33. The number of thiazole rings is 1. The fourth-order valence-corrected chi connectivity index (χ4v) is 4.36. The molecule has 1 aromatic carbocycles. The number of nitrogens with one attached hydrogen (secondary N) is 2. The summed E-state index contributed by atoms with van der Waals surface area (Å²) in [5, 5.41) is 18.9. The topological polar surface area (TPSA) is 94.6 Å². The van der Waals surface area contributed by atoms with Gasteiger partial charge in [-0.2, -0.15) is 0 Å². The fourth-order valence-electron chi connectivity index (χ4n) is 3.51. The molecule has 1 atom stereocenters. The Morgan fingerprint density at radius 1 is 1.36 bits per heavy atom. The summed E-state index contributed by atoms with van der Waals surface area (Å²) in [6.07, 6.45) is 2.27. The van der Waals surface area contributed by atoms with Crippen LogP contribution in [0.3, 0.4) is 0 Å². The largest absolute Gasteiger partial charge is 0.388 e. The van der Waals surface area contributed by atoms with Crippen molar-refractivity contribution in [2.75, 3.05) is 24.5 Å². The average molecular weight is 401 g/mol. The molecule has 1 aliphatic heterocycles. The Morgan fingerprint density at radius 2 is 2.14 bits per heavy atom. The minimum atomic E-state index is -0.572. The zero-order chi connectivity index (χ0) is 19.6. The minimum Gasteiger partial charge on any atom is -0.388 e. The van der Waals surface area contributed by atoms with E-state index in [0.29, 0.717) is 30.5 Å². The Bertz CT molecular complexity index is 850. The molecule has 2 heterocycles. The average Bonchev–Trinajstić information content (AvgIpc) is 3.38. The number of urea groups is 1. The lowest BCUT2D eigenvalue weighted by atomic mass is 9.92. The maximum absolute atomic E-state index is 12.4. The number of carbonyl (C=O) groups is 2. The zero-order valence-corrected chi connectivity index (χ0v) is 16.4. The molecule has 28 heavy (non-hydrogen) atoms. The van der Waals surface area contributed by atoms with Gasteiger partial charge in [0.2, 0.25) is 5.91 Å². The lowest BCUT2D eigenvalue weighted by Gasteiger charge is -2.24. The van der Waals surface area contributed by atoms with Gasteiger partial charge >= 0.3 is 6.03 Å². The SMILES string of the molecule is O=C(Cc1csc(N2CCCNC2=O)n1)NCC1([C@H](O)c2ccccc2)CC1. The Kier molecular flexibility index (Phi) is 5.32. The highest BCUT2D eigenvalue weighted by atomic mass is 32.1. The summed E-state index contributed by atoms with van der Waals surface area (Å²) in [4.78, 5) is 30.3. The summed E-state index contributed by atoms with van der Waals surface area (Å²) >= 11 is 1.37. The van der Waals surface area contributed by atoms with Gasteiger partial charge in [-0.15, -0.1) is 11.3 Å². The monoisotopic (exact) mass is 400 g/mol. The first-order valence-electron chi connectivity index (χ1n) is 9.57. The number of benzene rings is 1. The molecule has 1 aliphatic carbocycles. The Morgan fingerprint density at radius 3 is 2.86 bits per heavy atom. The van der Waals surface area contributed by atoms with Crippen LogP contribution in [-0.2, 0) is 11.2 Å². The number of rotatable bonds is 7. The molecule has 3 amide bonds. The molecule has 148 valence electrons. The van der Waals surface area contributed by atoms with Crippen molar-refractivity contribution < 1.29 is 14.7 Å². The second-order valence-corrected chi connectivity index (χ2v) is 8.32. The molecule has 0 radical (unpaired) electrons. The van der Waals surface area contributed by atoms with Crippen LogP contribution < -0.4 is 15.5 Å². The van der Waals surface area contributed by atoms with Gasteiger partial charge in [-0.1, -0.05) is 30.3 Å². The van der Waals surface area contributed by atoms with Gasteiger partial charge < -0.3 is 15.7 Å². The van der Waals surface area contributed by atoms with Gasteiger partial charge in [-0.05, 0) is 24.8 Å². The molecule has 2 aromatic rings. The summed E-state index contributed by atoms with van der Waals surface area (Å²) in [6.45, 7) is 1.78. The Hall–Kier alpha value is -2.45. The summed E-state index contributed by atoms with van der Waals surface area (Å²) in [5.74, 6) is -0.119. The van der Waals surface area contributed by atoms with Crippen molar-refractivity contribution in [3.63, 3.8) is 0 Å².